The van der Waals surface area contributed by atoms with Crippen molar-refractivity contribution in [1.29, 1.82) is 0 Å². The first-order valence-corrected chi connectivity index (χ1v) is 8.15. The number of hydrogen-bond donors (Lipinski definition) is 2. The molecule has 0 spiro atoms. The molecular weight excluding hydrogens is 304 g/mol. The van der Waals surface area contributed by atoms with Gasteiger partial charge in [0.05, 0.1) is 16.7 Å². The maximum absolute atomic E-state index is 12.9. The van der Waals surface area contributed by atoms with Crippen LogP contribution in [0.4, 0.5) is 11.8 Å². The number of aryl methyl sites for hydroxylation is 2. The molecule has 0 bridgehead atoms. The van der Waals surface area contributed by atoms with E-state index in [9.17, 15) is 4.79 Å². The molecule has 0 radical (unpaired) electrons. The zero-order valence-electron chi connectivity index (χ0n) is 13.8. The van der Waals surface area contributed by atoms with Crippen molar-refractivity contribution in [2.24, 2.45) is 7.05 Å². The summed E-state index contributed by atoms with van der Waals surface area (Å²) in [5.74, 6) is 1.54. The molecule has 3 heterocycles. The van der Waals surface area contributed by atoms with Gasteiger partial charge in [-0.1, -0.05) is 12.1 Å². The van der Waals surface area contributed by atoms with Crippen LogP contribution in [0, 0.1) is 6.92 Å². The van der Waals surface area contributed by atoms with Gasteiger partial charge in [0.2, 0.25) is 5.95 Å². The molecule has 1 atom stereocenters. The number of nitrogens with zero attached hydrogens (tertiary/aromatic N) is 4. The Kier molecular flexibility index (Phi) is 3.48. The molecule has 124 valence electrons. The predicted molar refractivity (Wildman–Crippen MR) is 93.0 cm³/mol. The molecule has 0 unspecified atom stereocenters. The van der Waals surface area contributed by atoms with Crippen LogP contribution in [0.3, 0.4) is 0 Å². The molecule has 24 heavy (non-hydrogen) atoms. The van der Waals surface area contributed by atoms with Gasteiger partial charge in [-0.15, -0.1) is 0 Å². The third kappa shape index (κ3) is 2.51. The van der Waals surface area contributed by atoms with Crippen molar-refractivity contribution < 1.29 is 4.79 Å². The molecule has 1 aliphatic heterocycles. The number of H-pyrrole nitrogens is 1. The number of amides is 1. The van der Waals surface area contributed by atoms with Crippen LogP contribution in [0.25, 0.3) is 11.0 Å². The van der Waals surface area contributed by atoms with Gasteiger partial charge < -0.3 is 10.3 Å². The summed E-state index contributed by atoms with van der Waals surface area (Å²) in [6, 6.07) is 9.50. The van der Waals surface area contributed by atoms with E-state index < -0.39 is 0 Å². The van der Waals surface area contributed by atoms with Crippen molar-refractivity contribution >= 4 is 28.7 Å². The molecular formula is C17H20N6O. The van der Waals surface area contributed by atoms with E-state index in [1.165, 1.54) is 0 Å². The monoisotopic (exact) mass is 324 g/mol. The topological polar surface area (TPSA) is 78.8 Å². The molecule has 1 saturated heterocycles. The van der Waals surface area contributed by atoms with Crippen LogP contribution in [0.5, 0.6) is 0 Å². The number of hydrogen-bond acceptors (Lipinski definition) is 4. The zero-order valence-corrected chi connectivity index (χ0v) is 13.8. The van der Waals surface area contributed by atoms with Crippen LogP contribution in [0.15, 0.2) is 30.3 Å². The van der Waals surface area contributed by atoms with E-state index in [4.69, 9.17) is 0 Å². The lowest BCUT2D eigenvalue weighted by Crippen LogP contribution is -2.48. The number of rotatable bonds is 3. The highest BCUT2D eigenvalue weighted by Gasteiger charge is 2.31. The van der Waals surface area contributed by atoms with Crippen LogP contribution in [0.2, 0.25) is 0 Å². The SMILES string of the molecule is Cc1cc(N2CCC[C@@H](Nc3nc4ccccc4[nH]3)C2=O)n(C)n1. The van der Waals surface area contributed by atoms with Gasteiger partial charge in [0, 0.05) is 19.7 Å². The Hall–Kier alpha value is -2.83. The molecule has 1 aliphatic rings. The van der Waals surface area contributed by atoms with E-state index in [1.54, 1.807) is 4.68 Å². The molecule has 3 aromatic rings. The molecule has 2 N–H and O–H groups in total. The first-order chi connectivity index (χ1) is 11.6. The summed E-state index contributed by atoms with van der Waals surface area (Å²) in [6.45, 7) is 2.65. The standard InChI is InChI=1S/C17H20N6O/c1-11-10-15(22(2)21-11)23-9-5-8-14(16(23)24)20-17-18-12-6-3-4-7-13(12)19-17/h3-4,6-7,10,14H,5,8-9H2,1-2H3,(H2,18,19,20)/t14-/m1/s1. The second-order valence-corrected chi connectivity index (χ2v) is 6.20. The number of anilines is 2. The molecule has 4 rings (SSSR count). The smallest absolute Gasteiger partial charge is 0.250 e. The Morgan fingerprint density at radius 2 is 2.17 bits per heavy atom. The van der Waals surface area contributed by atoms with E-state index in [0.717, 1.165) is 41.9 Å². The van der Waals surface area contributed by atoms with Gasteiger partial charge in [0.15, 0.2) is 0 Å². The molecule has 7 nitrogen and oxygen atoms in total. The molecule has 2 aromatic heterocycles. The second kappa shape index (κ2) is 5.67. The minimum atomic E-state index is -0.283. The molecule has 0 saturated carbocycles. The van der Waals surface area contributed by atoms with Crippen LogP contribution in [-0.2, 0) is 11.8 Å². The Labute approximate surface area is 139 Å². The number of para-hydroxylation sites is 2. The quantitative estimate of drug-likeness (QED) is 0.774. The minimum Gasteiger partial charge on any atom is -0.344 e. The summed E-state index contributed by atoms with van der Waals surface area (Å²) in [5, 5.41) is 7.60. The number of carbonyl (C=O) groups excluding carboxylic acids is 1. The Bertz CT molecular complexity index is 863. The van der Waals surface area contributed by atoms with Crippen LogP contribution < -0.4 is 10.2 Å². The van der Waals surface area contributed by atoms with Gasteiger partial charge in [-0.3, -0.25) is 14.4 Å². The van der Waals surface area contributed by atoms with E-state index in [1.807, 2.05) is 49.2 Å². The van der Waals surface area contributed by atoms with Crippen molar-refractivity contribution in [3.63, 3.8) is 0 Å². The summed E-state index contributed by atoms with van der Waals surface area (Å²) < 4.78 is 1.76. The molecule has 7 heteroatoms. The third-order valence-electron chi connectivity index (χ3n) is 4.39. The lowest BCUT2D eigenvalue weighted by Gasteiger charge is -2.32. The number of benzene rings is 1. The highest BCUT2D eigenvalue weighted by Crippen LogP contribution is 2.23. The average molecular weight is 324 g/mol. The zero-order chi connectivity index (χ0) is 16.7. The normalized spacial score (nSPS) is 18.3. The number of aromatic nitrogens is 4. The first-order valence-electron chi connectivity index (χ1n) is 8.15. The molecule has 1 aromatic carbocycles. The molecule has 1 fully saturated rings. The summed E-state index contributed by atoms with van der Waals surface area (Å²) in [6.07, 6.45) is 1.73. The number of imidazole rings is 1. The molecule has 0 aliphatic carbocycles. The van der Waals surface area contributed by atoms with E-state index in [0.29, 0.717) is 5.95 Å². The summed E-state index contributed by atoms with van der Waals surface area (Å²) in [4.78, 5) is 22.4. The van der Waals surface area contributed by atoms with E-state index >= 15 is 0 Å². The van der Waals surface area contributed by atoms with E-state index in [2.05, 4.69) is 20.4 Å². The predicted octanol–water partition coefficient (Wildman–Crippen LogP) is 2.21. The fourth-order valence-corrected chi connectivity index (χ4v) is 3.27. The second-order valence-electron chi connectivity index (χ2n) is 6.20. The Morgan fingerprint density at radius 1 is 1.33 bits per heavy atom. The van der Waals surface area contributed by atoms with Crippen molar-refractivity contribution in [2.75, 3.05) is 16.8 Å². The van der Waals surface area contributed by atoms with Crippen molar-refractivity contribution in [3.05, 3.63) is 36.0 Å². The maximum atomic E-state index is 12.9. The largest absolute Gasteiger partial charge is 0.344 e. The van der Waals surface area contributed by atoms with Crippen molar-refractivity contribution in [3.8, 4) is 0 Å². The Morgan fingerprint density at radius 3 is 2.92 bits per heavy atom. The first kappa shape index (κ1) is 14.7. The fraction of sp³-hybridized carbons (Fsp3) is 0.353. The Balaban J connectivity index is 1.57. The number of piperidine rings is 1. The highest BCUT2D eigenvalue weighted by molar-refractivity contribution is 5.98. The van der Waals surface area contributed by atoms with E-state index in [-0.39, 0.29) is 11.9 Å². The van der Waals surface area contributed by atoms with Crippen LogP contribution in [-0.4, -0.2) is 38.2 Å². The van der Waals surface area contributed by atoms with Gasteiger partial charge in [0.1, 0.15) is 11.9 Å². The van der Waals surface area contributed by atoms with Crippen LogP contribution >= 0.6 is 0 Å². The number of nitrogens with one attached hydrogen (secondary N) is 2. The highest BCUT2D eigenvalue weighted by atomic mass is 16.2. The summed E-state index contributed by atoms with van der Waals surface area (Å²) in [7, 11) is 1.87. The summed E-state index contributed by atoms with van der Waals surface area (Å²) >= 11 is 0. The van der Waals surface area contributed by atoms with Gasteiger partial charge in [-0.25, -0.2) is 4.98 Å². The van der Waals surface area contributed by atoms with Crippen molar-refractivity contribution in [1.82, 2.24) is 19.7 Å². The third-order valence-corrected chi connectivity index (χ3v) is 4.39. The average Bonchev–Trinajstić information content (AvgIpc) is 3.11. The minimum absolute atomic E-state index is 0.0599. The van der Waals surface area contributed by atoms with Crippen molar-refractivity contribution in [2.45, 2.75) is 25.8 Å². The molecule has 1 amide bonds. The van der Waals surface area contributed by atoms with Crippen LogP contribution in [0.1, 0.15) is 18.5 Å². The fourth-order valence-electron chi connectivity index (χ4n) is 3.27. The number of aromatic amines is 1. The van der Waals surface area contributed by atoms with Gasteiger partial charge >= 0.3 is 0 Å². The number of fused-ring (bicyclic) bond motifs is 1. The lowest BCUT2D eigenvalue weighted by atomic mass is 10.0. The summed E-state index contributed by atoms with van der Waals surface area (Å²) in [5.41, 5.74) is 2.76. The van der Waals surface area contributed by atoms with Gasteiger partial charge in [-0.05, 0) is 31.9 Å². The van der Waals surface area contributed by atoms with Gasteiger partial charge in [-0.2, -0.15) is 5.10 Å². The van der Waals surface area contributed by atoms with Gasteiger partial charge in [0.25, 0.3) is 5.91 Å². The number of carbonyl (C=O) groups is 1. The maximum Gasteiger partial charge on any atom is 0.250 e. The lowest BCUT2D eigenvalue weighted by molar-refractivity contribution is -0.120.